The van der Waals surface area contributed by atoms with E-state index in [0.717, 1.165) is 47.8 Å². The zero-order chi connectivity index (χ0) is 16.9. The van der Waals surface area contributed by atoms with Gasteiger partial charge in [0.25, 0.3) is 0 Å². The molecule has 2 aromatic rings. The molecule has 0 spiro atoms. The molecule has 0 atom stereocenters. The van der Waals surface area contributed by atoms with Crippen molar-refractivity contribution in [1.82, 2.24) is 0 Å². The molecule has 134 valence electrons. The monoisotopic (exact) mass is 362 g/mol. The predicted octanol–water partition coefficient (Wildman–Crippen LogP) is 3.45. The molecule has 0 aliphatic carbocycles. The lowest BCUT2D eigenvalue weighted by molar-refractivity contribution is -0.119. The minimum Gasteiger partial charge on any atom is -0.497 e. The highest BCUT2D eigenvalue weighted by Crippen LogP contribution is 2.31. The molecule has 2 N–H and O–H groups in total. The van der Waals surface area contributed by atoms with Crippen LogP contribution in [-0.2, 0) is 11.2 Å². The molecule has 0 aromatic heterocycles. The number of halogens is 1. The van der Waals surface area contributed by atoms with Crippen molar-refractivity contribution < 1.29 is 14.3 Å². The summed E-state index contributed by atoms with van der Waals surface area (Å²) >= 11 is 0. The zero-order valence-corrected chi connectivity index (χ0v) is 15.1. The van der Waals surface area contributed by atoms with Crippen LogP contribution in [0.3, 0.4) is 0 Å². The summed E-state index contributed by atoms with van der Waals surface area (Å²) in [5.41, 5.74) is 8.81. The standard InChI is InChI=1S/C19H22N2O3.ClH/c1-23-14-7-9-15(10-8-14)24-13-11-19(22)21-12-3-4-16-17(20)5-2-6-18(16)21;/h2,5-10H,3-4,11-13,20H2,1H3;1H. The highest BCUT2D eigenvalue weighted by atomic mass is 35.5. The summed E-state index contributed by atoms with van der Waals surface area (Å²) < 4.78 is 10.8. The van der Waals surface area contributed by atoms with E-state index in [1.165, 1.54) is 0 Å². The van der Waals surface area contributed by atoms with E-state index in [1.807, 2.05) is 47.4 Å². The average molecular weight is 363 g/mol. The van der Waals surface area contributed by atoms with Crippen molar-refractivity contribution in [2.45, 2.75) is 19.3 Å². The van der Waals surface area contributed by atoms with Gasteiger partial charge >= 0.3 is 0 Å². The van der Waals surface area contributed by atoms with Crippen LogP contribution in [0.1, 0.15) is 18.4 Å². The Morgan fingerprint density at radius 2 is 1.88 bits per heavy atom. The number of benzene rings is 2. The van der Waals surface area contributed by atoms with Crippen LogP contribution in [0.4, 0.5) is 11.4 Å². The maximum absolute atomic E-state index is 12.5. The van der Waals surface area contributed by atoms with Crippen molar-refractivity contribution in [2.75, 3.05) is 30.9 Å². The number of anilines is 2. The van der Waals surface area contributed by atoms with Crippen molar-refractivity contribution in [1.29, 1.82) is 0 Å². The lowest BCUT2D eigenvalue weighted by Crippen LogP contribution is -2.36. The molecular formula is C19H23ClN2O3. The maximum Gasteiger partial charge on any atom is 0.230 e. The Morgan fingerprint density at radius 3 is 2.60 bits per heavy atom. The van der Waals surface area contributed by atoms with Gasteiger partial charge in [0.15, 0.2) is 0 Å². The summed E-state index contributed by atoms with van der Waals surface area (Å²) in [7, 11) is 1.62. The first-order valence-electron chi connectivity index (χ1n) is 8.13. The summed E-state index contributed by atoms with van der Waals surface area (Å²) in [6, 6.07) is 13.1. The van der Waals surface area contributed by atoms with Crippen LogP contribution in [0.2, 0.25) is 0 Å². The third-order valence-corrected chi connectivity index (χ3v) is 4.23. The number of methoxy groups -OCH3 is 1. The second-order valence-electron chi connectivity index (χ2n) is 5.77. The molecule has 1 heterocycles. The molecule has 1 aliphatic rings. The van der Waals surface area contributed by atoms with Gasteiger partial charge in [0.05, 0.1) is 20.1 Å². The third-order valence-electron chi connectivity index (χ3n) is 4.23. The SMILES string of the molecule is COc1ccc(OCCC(=O)N2CCCc3c(N)cccc32)cc1.Cl. The van der Waals surface area contributed by atoms with Gasteiger partial charge < -0.3 is 20.1 Å². The second kappa shape index (κ2) is 8.62. The molecule has 5 nitrogen and oxygen atoms in total. The van der Waals surface area contributed by atoms with E-state index < -0.39 is 0 Å². The van der Waals surface area contributed by atoms with E-state index in [-0.39, 0.29) is 18.3 Å². The highest BCUT2D eigenvalue weighted by Gasteiger charge is 2.23. The molecule has 0 radical (unpaired) electrons. The number of rotatable bonds is 5. The quantitative estimate of drug-likeness (QED) is 0.827. The Hall–Kier alpha value is -2.40. The van der Waals surface area contributed by atoms with Gasteiger partial charge in [-0.05, 0) is 54.8 Å². The zero-order valence-electron chi connectivity index (χ0n) is 14.2. The van der Waals surface area contributed by atoms with Gasteiger partial charge in [-0.15, -0.1) is 12.4 Å². The van der Waals surface area contributed by atoms with E-state index in [0.29, 0.717) is 13.0 Å². The van der Waals surface area contributed by atoms with Gasteiger partial charge in [0.1, 0.15) is 11.5 Å². The first-order chi connectivity index (χ1) is 11.7. The van der Waals surface area contributed by atoms with Gasteiger partial charge in [-0.25, -0.2) is 0 Å². The summed E-state index contributed by atoms with van der Waals surface area (Å²) in [6.07, 6.45) is 2.20. The minimum atomic E-state index is 0. The van der Waals surface area contributed by atoms with Crippen molar-refractivity contribution in [3.05, 3.63) is 48.0 Å². The van der Waals surface area contributed by atoms with E-state index in [2.05, 4.69) is 0 Å². The Kier molecular flexibility index (Phi) is 6.53. The number of nitrogens with zero attached hydrogens (tertiary/aromatic N) is 1. The number of hydrogen-bond donors (Lipinski definition) is 1. The largest absolute Gasteiger partial charge is 0.497 e. The second-order valence-corrected chi connectivity index (χ2v) is 5.77. The molecule has 0 unspecified atom stereocenters. The van der Waals surface area contributed by atoms with Crippen molar-refractivity contribution >= 4 is 29.7 Å². The summed E-state index contributed by atoms with van der Waals surface area (Å²) in [6.45, 7) is 1.08. The maximum atomic E-state index is 12.5. The predicted molar refractivity (Wildman–Crippen MR) is 102 cm³/mol. The van der Waals surface area contributed by atoms with Crippen molar-refractivity contribution in [2.24, 2.45) is 0 Å². The molecule has 2 aromatic carbocycles. The molecule has 0 bridgehead atoms. The number of nitrogens with two attached hydrogens (primary N) is 1. The van der Waals surface area contributed by atoms with Gasteiger partial charge in [0, 0.05) is 17.9 Å². The minimum absolute atomic E-state index is 0. The van der Waals surface area contributed by atoms with Gasteiger partial charge in [-0.2, -0.15) is 0 Å². The molecule has 6 heteroatoms. The number of nitrogen functional groups attached to an aromatic ring is 1. The van der Waals surface area contributed by atoms with E-state index in [4.69, 9.17) is 15.2 Å². The molecule has 25 heavy (non-hydrogen) atoms. The number of ether oxygens (including phenoxy) is 2. The molecule has 3 rings (SSSR count). The molecule has 0 fully saturated rings. The third kappa shape index (κ3) is 4.37. The normalized spacial score (nSPS) is 12.8. The van der Waals surface area contributed by atoms with E-state index in [1.54, 1.807) is 7.11 Å². The lowest BCUT2D eigenvalue weighted by atomic mass is 9.99. The summed E-state index contributed by atoms with van der Waals surface area (Å²) in [4.78, 5) is 14.4. The number of carbonyl (C=O) groups excluding carboxylic acids is 1. The topological polar surface area (TPSA) is 64.8 Å². The van der Waals surface area contributed by atoms with E-state index in [9.17, 15) is 4.79 Å². The molecule has 0 saturated carbocycles. The van der Waals surface area contributed by atoms with Crippen LogP contribution < -0.4 is 20.1 Å². The fourth-order valence-corrected chi connectivity index (χ4v) is 2.97. The number of hydrogen-bond acceptors (Lipinski definition) is 4. The van der Waals surface area contributed by atoms with Crippen LogP contribution in [0, 0.1) is 0 Å². The van der Waals surface area contributed by atoms with Gasteiger partial charge in [-0.1, -0.05) is 6.07 Å². The molecular weight excluding hydrogens is 340 g/mol. The Morgan fingerprint density at radius 1 is 1.16 bits per heavy atom. The Bertz CT molecular complexity index is 719. The highest BCUT2D eigenvalue weighted by molar-refractivity contribution is 5.95. The van der Waals surface area contributed by atoms with Gasteiger partial charge in [-0.3, -0.25) is 4.79 Å². The van der Waals surface area contributed by atoms with Crippen LogP contribution in [-0.4, -0.2) is 26.2 Å². The van der Waals surface area contributed by atoms with Crippen LogP contribution >= 0.6 is 12.4 Å². The van der Waals surface area contributed by atoms with Crippen LogP contribution in [0.15, 0.2) is 42.5 Å². The lowest BCUT2D eigenvalue weighted by Gasteiger charge is -2.30. The summed E-state index contributed by atoms with van der Waals surface area (Å²) in [5.74, 6) is 1.57. The summed E-state index contributed by atoms with van der Waals surface area (Å²) in [5, 5.41) is 0. The van der Waals surface area contributed by atoms with Crippen molar-refractivity contribution in [3.63, 3.8) is 0 Å². The fourth-order valence-electron chi connectivity index (χ4n) is 2.97. The average Bonchev–Trinajstić information content (AvgIpc) is 2.62. The first kappa shape index (κ1) is 18.9. The molecule has 1 aliphatic heterocycles. The molecule has 1 amide bonds. The van der Waals surface area contributed by atoms with E-state index >= 15 is 0 Å². The van der Waals surface area contributed by atoms with Crippen LogP contribution in [0.5, 0.6) is 11.5 Å². The van der Waals surface area contributed by atoms with Crippen molar-refractivity contribution in [3.8, 4) is 11.5 Å². The number of amides is 1. The number of fused-ring (bicyclic) bond motifs is 1. The Labute approximate surface area is 154 Å². The number of carbonyl (C=O) groups is 1. The smallest absolute Gasteiger partial charge is 0.230 e. The Balaban J connectivity index is 0.00000225. The first-order valence-corrected chi connectivity index (χ1v) is 8.13. The fraction of sp³-hybridized carbons (Fsp3) is 0.316. The van der Waals surface area contributed by atoms with Crippen LogP contribution in [0.25, 0.3) is 0 Å². The van der Waals surface area contributed by atoms with Gasteiger partial charge in [0.2, 0.25) is 5.91 Å². The molecule has 0 saturated heterocycles.